The van der Waals surface area contributed by atoms with Crippen LogP contribution in [0.1, 0.15) is 35.7 Å². The van der Waals surface area contributed by atoms with E-state index in [0.29, 0.717) is 17.0 Å². The van der Waals surface area contributed by atoms with Crippen molar-refractivity contribution in [1.29, 1.82) is 0 Å². The normalized spacial score (nSPS) is 13.0. The molecule has 0 heterocycles. The van der Waals surface area contributed by atoms with E-state index >= 15 is 0 Å². The zero-order chi connectivity index (χ0) is 22.7. The highest BCUT2D eigenvalue weighted by Gasteiger charge is 2.30. The van der Waals surface area contributed by atoms with Crippen molar-refractivity contribution >= 4 is 11.4 Å². The first kappa shape index (κ1) is 21.5. The maximum Gasteiger partial charge on any atom is 0.249 e. The largest absolute Gasteiger partial charge is 0.497 e. The number of anilines is 2. The van der Waals surface area contributed by atoms with Gasteiger partial charge in [-0.15, -0.1) is 0 Å². The van der Waals surface area contributed by atoms with Gasteiger partial charge in [-0.2, -0.15) is 0 Å². The van der Waals surface area contributed by atoms with Gasteiger partial charge in [0.25, 0.3) is 0 Å². The molecule has 32 heavy (non-hydrogen) atoms. The zero-order valence-electron chi connectivity index (χ0n) is 17.8. The van der Waals surface area contributed by atoms with Crippen molar-refractivity contribution in [2.45, 2.75) is 19.0 Å². The van der Waals surface area contributed by atoms with E-state index in [2.05, 4.69) is 10.6 Å². The molecule has 2 N–H and O–H groups in total. The summed E-state index contributed by atoms with van der Waals surface area (Å²) in [7, 11) is 1.57. The van der Waals surface area contributed by atoms with Crippen LogP contribution >= 0.6 is 0 Å². The molecule has 4 aromatic carbocycles. The number of ether oxygens (including phenoxy) is 1. The highest BCUT2D eigenvalue weighted by Crippen LogP contribution is 2.31. The smallest absolute Gasteiger partial charge is 0.249 e. The Labute approximate surface area is 185 Å². The van der Waals surface area contributed by atoms with Crippen molar-refractivity contribution in [3.63, 3.8) is 0 Å². The molecule has 162 valence electrons. The van der Waals surface area contributed by atoms with E-state index in [4.69, 9.17) is 4.74 Å². The molecule has 1 unspecified atom stereocenters. The SMILES string of the molecule is COc1cccc(C(N[C@@H](C)c2cccc(F)c2)c2c(Nc3ccccc3)c(=O)c2=O)c1. The average molecular weight is 430 g/mol. The van der Waals surface area contributed by atoms with Gasteiger partial charge in [0.15, 0.2) is 0 Å². The van der Waals surface area contributed by atoms with Crippen LogP contribution in [0, 0.1) is 5.82 Å². The van der Waals surface area contributed by atoms with E-state index in [9.17, 15) is 14.0 Å². The molecule has 0 saturated heterocycles. The van der Waals surface area contributed by atoms with Crippen LogP contribution in [-0.4, -0.2) is 7.11 Å². The summed E-state index contributed by atoms with van der Waals surface area (Å²) in [6.07, 6.45) is 0. The highest BCUT2D eigenvalue weighted by atomic mass is 19.1. The summed E-state index contributed by atoms with van der Waals surface area (Å²) >= 11 is 0. The van der Waals surface area contributed by atoms with Crippen molar-refractivity contribution in [3.05, 3.63) is 122 Å². The lowest BCUT2D eigenvalue weighted by atomic mass is 9.91. The van der Waals surface area contributed by atoms with Gasteiger partial charge < -0.3 is 10.1 Å². The standard InChI is InChI=1S/C26H23FN2O3/c1-16(17-8-6-10-19(27)14-17)28-23(18-9-7-13-21(15-18)32-2)22-24(26(31)25(22)30)29-20-11-4-3-5-12-20/h3-16,23,28-29H,1-2H3/t16-,23?/m0/s1. The molecular formula is C26H23FN2O3. The molecule has 0 amide bonds. The number of benzene rings is 3. The third kappa shape index (κ3) is 4.31. The van der Waals surface area contributed by atoms with Crippen LogP contribution in [0.2, 0.25) is 0 Å². The van der Waals surface area contributed by atoms with Crippen LogP contribution < -0.4 is 26.2 Å². The quantitative estimate of drug-likeness (QED) is 0.400. The Kier molecular flexibility index (Phi) is 6.14. The minimum atomic E-state index is -0.597. The molecular weight excluding hydrogens is 407 g/mol. The van der Waals surface area contributed by atoms with Crippen LogP contribution in [0.15, 0.2) is 88.5 Å². The summed E-state index contributed by atoms with van der Waals surface area (Å²) in [6, 6.07) is 21.9. The summed E-state index contributed by atoms with van der Waals surface area (Å²) in [5, 5.41) is 6.49. The molecule has 0 aliphatic rings. The van der Waals surface area contributed by atoms with Gasteiger partial charge in [-0.25, -0.2) is 4.39 Å². The van der Waals surface area contributed by atoms with Gasteiger partial charge in [0.05, 0.1) is 18.7 Å². The maximum absolute atomic E-state index is 13.8. The molecule has 0 saturated carbocycles. The number of halogens is 1. The third-order valence-electron chi connectivity index (χ3n) is 5.47. The van der Waals surface area contributed by atoms with Crippen LogP contribution in [-0.2, 0) is 0 Å². The second-order valence-electron chi connectivity index (χ2n) is 7.59. The fourth-order valence-corrected chi connectivity index (χ4v) is 3.76. The predicted octanol–water partition coefficient (Wildman–Crippen LogP) is 4.61. The minimum Gasteiger partial charge on any atom is -0.497 e. The van der Waals surface area contributed by atoms with E-state index in [1.165, 1.54) is 12.1 Å². The first-order chi connectivity index (χ1) is 15.5. The lowest BCUT2D eigenvalue weighted by Crippen LogP contribution is -2.43. The van der Waals surface area contributed by atoms with Gasteiger partial charge in [-0.1, -0.05) is 42.5 Å². The molecule has 0 spiro atoms. The summed E-state index contributed by atoms with van der Waals surface area (Å²) in [4.78, 5) is 25.2. The van der Waals surface area contributed by atoms with Gasteiger partial charge >= 0.3 is 0 Å². The molecule has 0 aliphatic carbocycles. The summed E-state index contributed by atoms with van der Waals surface area (Å²) in [6.45, 7) is 1.89. The lowest BCUT2D eigenvalue weighted by molar-refractivity contribution is 0.413. The Morgan fingerprint density at radius 1 is 0.844 bits per heavy atom. The topological polar surface area (TPSA) is 67.4 Å². The van der Waals surface area contributed by atoms with Crippen molar-refractivity contribution < 1.29 is 9.13 Å². The maximum atomic E-state index is 13.8. The molecule has 6 heteroatoms. The second kappa shape index (κ2) is 9.16. The number of nitrogens with one attached hydrogen (secondary N) is 2. The average Bonchev–Trinajstić information content (AvgIpc) is 2.83. The lowest BCUT2D eigenvalue weighted by Gasteiger charge is -2.27. The number of hydrogen-bond acceptors (Lipinski definition) is 5. The Morgan fingerprint density at radius 2 is 1.56 bits per heavy atom. The van der Waals surface area contributed by atoms with E-state index in [1.54, 1.807) is 13.2 Å². The monoisotopic (exact) mass is 430 g/mol. The summed E-state index contributed by atoms with van der Waals surface area (Å²) < 4.78 is 19.1. The fourth-order valence-electron chi connectivity index (χ4n) is 3.76. The van der Waals surface area contributed by atoms with Crippen molar-refractivity contribution in [1.82, 2.24) is 5.32 Å². The van der Waals surface area contributed by atoms with Gasteiger partial charge in [0, 0.05) is 11.7 Å². The van der Waals surface area contributed by atoms with Crippen LogP contribution in [0.4, 0.5) is 15.8 Å². The van der Waals surface area contributed by atoms with E-state index in [1.807, 2.05) is 67.6 Å². The Bertz CT molecular complexity index is 1300. The number of para-hydroxylation sites is 1. The zero-order valence-corrected chi connectivity index (χ0v) is 17.8. The van der Waals surface area contributed by atoms with Gasteiger partial charge in [-0.3, -0.25) is 14.9 Å². The molecule has 0 aliphatic heterocycles. The number of methoxy groups -OCH3 is 1. The predicted molar refractivity (Wildman–Crippen MR) is 124 cm³/mol. The second-order valence-corrected chi connectivity index (χ2v) is 7.59. The minimum absolute atomic E-state index is 0.257. The first-order valence-corrected chi connectivity index (χ1v) is 10.3. The van der Waals surface area contributed by atoms with Gasteiger partial charge in [0.2, 0.25) is 10.9 Å². The van der Waals surface area contributed by atoms with Crippen LogP contribution in [0.3, 0.4) is 0 Å². The first-order valence-electron chi connectivity index (χ1n) is 10.3. The third-order valence-corrected chi connectivity index (χ3v) is 5.47. The number of rotatable bonds is 8. The van der Waals surface area contributed by atoms with Gasteiger partial charge in [0.1, 0.15) is 17.3 Å². The molecule has 4 aromatic rings. The highest BCUT2D eigenvalue weighted by molar-refractivity contribution is 5.68. The molecule has 5 nitrogen and oxygen atoms in total. The van der Waals surface area contributed by atoms with E-state index in [0.717, 1.165) is 11.1 Å². The molecule has 0 aromatic heterocycles. The Balaban J connectivity index is 1.76. The molecule has 2 atom stereocenters. The molecule has 0 bridgehead atoms. The van der Waals surface area contributed by atoms with Crippen LogP contribution in [0.25, 0.3) is 0 Å². The van der Waals surface area contributed by atoms with Gasteiger partial charge in [-0.05, 0) is 54.4 Å². The Hall–Kier alpha value is -3.77. The van der Waals surface area contributed by atoms with Crippen molar-refractivity contribution in [2.24, 2.45) is 0 Å². The van der Waals surface area contributed by atoms with E-state index in [-0.39, 0.29) is 17.5 Å². The summed E-state index contributed by atoms with van der Waals surface area (Å²) in [5.41, 5.74) is 1.70. The molecule has 0 radical (unpaired) electrons. The summed E-state index contributed by atoms with van der Waals surface area (Å²) in [5.74, 6) is 0.290. The molecule has 4 rings (SSSR count). The van der Waals surface area contributed by atoms with E-state index < -0.39 is 16.9 Å². The molecule has 0 fully saturated rings. The van der Waals surface area contributed by atoms with Crippen LogP contribution in [0.5, 0.6) is 5.75 Å². The van der Waals surface area contributed by atoms with Crippen molar-refractivity contribution in [2.75, 3.05) is 12.4 Å². The Morgan fingerprint density at radius 3 is 2.28 bits per heavy atom. The fraction of sp³-hybridized carbons (Fsp3) is 0.154. The number of hydrogen-bond donors (Lipinski definition) is 2. The van der Waals surface area contributed by atoms with Crippen molar-refractivity contribution in [3.8, 4) is 5.75 Å².